The van der Waals surface area contributed by atoms with Crippen LogP contribution in [0.15, 0.2) is 4.99 Å². The van der Waals surface area contributed by atoms with Gasteiger partial charge in [0, 0.05) is 5.71 Å². The summed E-state index contributed by atoms with van der Waals surface area (Å²) in [5.74, 6) is 0. The SMILES string of the molecule is C/C(=N\C(C)(C)C)C(C)(C)C. The summed E-state index contributed by atoms with van der Waals surface area (Å²) in [5, 5.41) is 0. The first-order chi connectivity index (χ1) is 4.63. The summed E-state index contributed by atoms with van der Waals surface area (Å²) in [4.78, 5) is 4.60. The largest absolute Gasteiger partial charge is 0.288 e. The number of hydrogen-bond donors (Lipinski definition) is 0. The zero-order valence-electron chi connectivity index (χ0n) is 8.95. The van der Waals surface area contributed by atoms with E-state index in [4.69, 9.17) is 0 Å². The quantitative estimate of drug-likeness (QED) is 0.476. The summed E-state index contributed by atoms with van der Waals surface area (Å²) in [7, 11) is 0. The first kappa shape index (κ1) is 10.7. The standard InChI is InChI=1S/C10H21N/c1-8(9(2,3)4)11-10(5,6)7/h1-7H3/b11-8+. The fraction of sp³-hybridized carbons (Fsp3) is 0.900. The highest BCUT2D eigenvalue weighted by atomic mass is 14.8. The lowest BCUT2D eigenvalue weighted by atomic mass is 9.90. The van der Waals surface area contributed by atoms with Gasteiger partial charge in [0.2, 0.25) is 0 Å². The van der Waals surface area contributed by atoms with Crippen molar-refractivity contribution in [1.29, 1.82) is 0 Å². The van der Waals surface area contributed by atoms with Gasteiger partial charge in [0.15, 0.2) is 0 Å². The van der Waals surface area contributed by atoms with E-state index in [1.807, 2.05) is 0 Å². The molecular weight excluding hydrogens is 134 g/mol. The molecule has 1 heteroatoms. The van der Waals surface area contributed by atoms with Gasteiger partial charge >= 0.3 is 0 Å². The zero-order valence-corrected chi connectivity index (χ0v) is 8.95. The molecule has 0 saturated heterocycles. The first-order valence-electron chi connectivity index (χ1n) is 4.20. The fourth-order valence-electron chi connectivity index (χ4n) is 0.671. The number of rotatable bonds is 0. The molecule has 0 rings (SSSR count). The zero-order chi connectivity index (χ0) is 9.28. The van der Waals surface area contributed by atoms with Crippen LogP contribution in [0.3, 0.4) is 0 Å². The maximum Gasteiger partial charge on any atom is 0.0523 e. The van der Waals surface area contributed by atoms with Gasteiger partial charge in [-0.1, -0.05) is 20.8 Å². The Balaban J connectivity index is 4.49. The van der Waals surface area contributed by atoms with Crippen LogP contribution in [0.4, 0.5) is 0 Å². The second kappa shape index (κ2) is 2.96. The molecule has 0 unspecified atom stereocenters. The van der Waals surface area contributed by atoms with Crippen molar-refractivity contribution in [1.82, 2.24) is 0 Å². The minimum atomic E-state index is 0.0668. The second-order valence-electron chi connectivity index (χ2n) is 5.12. The Hall–Kier alpha value is -0.330. The van der Waals surface area contributed by atoms with Crippen molar-refractivity contribution >= 4 is 5.71 Å². The Morgan fingerprint density at radius 2 is 1.27 bits per heavy atom. The molecule has 0 spiro atoms. The van der Waals surface area contributed by atoms with Crippen LogP contribution in [0.25, 0.3) is 0 Å². The van der Waals surface area contributed by atoms with E-state index < -0.39 is 0 Å². The third kappa shape index (κ3) is 5.00. The van der Waals surface area contributed by atoms with Crippen molar-refractivity contribution < 1.29 is 0 Å². The van der Waals surface area contributed by atoms with Crippen LogP contribution in [-0.4, -0.2) is 11.3 Å². The predicted molar refractivity (Wildman–Crippen MR) is 52.3 cm³/mol. The van der Waals surface area contributed by atoms with E-state index in [0.717, 1.165) is 0 Å². The van der Waals surface area contributed by atoms with Crippen molar-refractivity contribution in [2.45, 2.75) is 54.0 Å². The minimum absolute atomic E-state index is 0.0668. The van der Waals surface area contributed by atoms with Crippen molar-refractivity contribution in [3.63, 3.8) is 0 Å². The van der Waals surface area contributed by atoms with Crippen LogP contribution in [-0.2, 0) is 0 Å². The molecular formula is C10H21N. The molecule has 0 fully saturated rings. The lowest BCUT2D eigenvalue weighted by Crippen LogP contribution is -2.22. The molecule has 0 radical (unpaired) electrons. The third-order valence-corrected chi connectivity index (χ3v) is 1.59. The number of hydrogen-bond acceptors (Lipinski definition) is 1. The van der Waals surface area contributed by atoms with Crippen LogP contribution >= 0.6 is 0 Å². The normalized spacial score (nSPS) is 15.4. The lowest BCUT2D eigenvalue weighted by molar-refractivity contribution is 0.538. The Labute approximate surface area is 70.9 Å². The smallest absolute Gasteiger partial charge is 0.0523 e. The Morgan fingerprint density at radius 1 is 0.909 bits per heavy atom. The highest BCUT2D eigenvalue weighted by Gasteiger charge is 2.17. The van der Waals surface area contributed by atoms with Gasteiger partial charge in [-0.2, -0.15) is 0 Å². The van der Waals surface area contributed by atoms with Gasteiger partial charge in [-0.25, -0.2) is 0 Å². The van der Waals surface area contributed by atoms with Gasteiger partial charge in [-0.05, 0) is 33.1 Å². The van der Waals surface area contributed by atoms with E-state index in [1.54, 1.807) is 0 Å². The number of aliphatic imine (C=N–C) groups is 1. The van der Waals surface area contributed by atoms with Crippen LogP contribution in [0.1, 0.15) is 48.5 Å². The second-order valence-corrected chi connectivity index (χ2v) is 5.12. The van der Waals surface area contributed by atoms with E-state index >= 15 is 0 Å². The molecule has 0 aliphatic carbocycles. The topological polar surface area (TPSA) is 12.4 Å². The van der Waals surface area contributed by atoms with Gasteiger partial charge < -0.3 is 0 Å². The molecule has 0 aromatic carbocycles. The summed E-state index contributed by atoms with van der Waals surface area (Å²) in [6, 6.07) is 0. The van der Waals surface area contributed by atoms with Gasteiger partial charge in [0.25, 0.3) is 0 Å². The summed E-state index contributed by atoms with van der Waals surface area (Å²) >= 11 is 0. The highest BCUT2D eigenvalue weighted by molar-refractivity contribution is 5.87. The molecule has 0 atom stereocenters. The Morgan fingerprint density at radius 3 is 1.36 bits per heavy atom. The maximum atomic E-state index is 4.60. The molecule has 0 aromatic heterocycles. The summed E-state index contributed by atoms with van der Waals surface area (Å²) < 4.78 is 0. The lowest BCUT2D eigenvalue weighted by Gasteiger charge is -2.22. The third-order valence-electron chi connectivity index (χ3n) is 1.59. The van der Waals surface area contributed by atoms with Gasteiger partial charge in [0.1, 0.15) is 0 Å². The van der Waals surface area contributed by atoms with E-state index in [1.165, 1.54) is 5.71 Å². The Kier molecular flexibility index (Phi) is 2.87. The summed E-state index contributed by atoms with van der Waals surface area (Å²) in [5.41, 5.74) is 1.51. The average Bonchev–Trinajstić information content (AvgIpc) is 1.56. The van der Waals surface area contributed by atoms with Gasteiger partial charge in [0.05, 0.1) is 5.54 Å². The van der Waals surface area contributed by atoms with Crippen LogP contribution in [0, 0.1) is 5.41 Å². The molecule has 0 heterocycles. The molecule has 66 valence electrons. The maximum absolute atomic E-state index is 4.60. The molecule has 0 bridgehead atoms. The fourth-order valence-corrected chi connectivity index (χ4v) is 0.671. The van der Waals surface area contributed by atoms with Crippen LogP contribution in [0.5, 0.6) is 0 Å². The molecule has 0 N–H and O–H groups in total. The van der Waals surface area contributed by atoms with E-state index in [0.29, 0.717) is 0 Å². The predicted octanol–water partition coefficient (Wildman–Crippen LogP) is 3.29. The van der Waals surface area contributed by atoms with Crippen molar-refractivity contribution in [2.75, 3.05) is 0 Å². The molecule has 1 nitrogen and oxygen atoms in total. The minimum Gasteiger partial charge on any atom is -0.288 e. The monoisotopic (exact) mass is 155 g/mol. The summed E-state index contributed by atoms with van der Waals surface area (Å²) in [6.07, 6.45) is 0. The van der Waals surface area contributed by atoms with Gasteiger partial charge in [-0.15, -0.1) is 0 Å². The van der Waals surface area contributed by atoms with E-state index in [2.05, 4.69) is 53.5 Å². The molecule has 0 amide bonds. The van der Waals surface area contributed by atoms with Crippen LogP contribution < -0.4 is 0 Å². The molecule has 0 aliphatic heterocycles. The number of nitrogens with zero attached hydrogens (tertiary/aromatic N) is 1. The van der Waals surface area contributed by atoms with Crippen molar-refractivity contribution in [2.24, 2.45) is 10.4 Å². The van der Waals surface area contributed by atoms with E-state index in [9.17, 15) is 0 Å². The van der Waals surface area contributed by atoms with Crippen LogP contribution in [0.2, 0.25) is 0 Å². The molecule has 0 saturated carbocycles. The molecule has 11 heavy (non-hydrogen) atoms. The first-order valence-corrected chi connectivity index (χ1v) is 4.20. The summed E-state index contributed by atoms with van der Waals surface area (Å²) in [6.45, 7) is 15.1. The van der Waals surface area contributed by atoms with E-state index in [-0.39, 0.29) is 11.0 Å². The average molecular weight is 155 g/mol. The molecule has 0 aromatic rings. The highest BCUT2D eigenvalue weighted by Crippen LogP contribution is 2.19. The van der Waals surface area contributed by atoms with Gasteiger partial charge in [-0.3, -0.25) is 4.99 Å². The Bertz CT molecular complexity index is 153. The van der Waals surface area contributed by atoms with Crippen molar-refractivity contribution in [3.8, 4) is 0 Å². The molecule has 0 aliphatic rings. The van der Waals surface area contributed by atoms with Crippen molar-refractivity contribution in [3.05, 3.63) is 0 Å².